The first-order chi connectivity index (χ1) is 14.1. The summed E-state index contributed by atoms with van der Waals surface area (Å²) in [6.07, 6.45) is 3.93. The fourth-order valence-electron chi connectivity index (χ4n) is 4.45. The van der Waals surface area contributed by atoms with Gasteiger partial charge in [0, 0.05) is 24.8 Å². The Morgan fingerprint density at radius 1 is 1.31 bits per heavy atom. The maximum atomic E-state index is 12.8. The third kappa shape index (κ3) is 4.16. The van der Waals surface area contributed by atoms with Crippen LogP contribution in [0.15, 0.2) is 48.7 Å². The van der Waals surface area contributed by atoms with Crippen LogP contribution in [0.3, 0.4) is 0 Å². The number of piperidine rings is 1. The van der Waals surface area contributed by atoms with Gasteiger partial charge in [-0.3, -0.25) is 14.7 Å². The van der Waals surface area contributed by atoms with Gasteiger partial charge in [0.1, 0.15) is 0 Å². The molecule has 2 saturated heterocycles. The zero-order valence-electron chi connectivity index (χ0n) is 16.8. The Kier molecular flexibility index (Phi) is 5.61. The number of benzene rings is 1. The van der Waals surface area contributed by atoms with Crippen LogP contribution in [0.1, 0.15) is 34.5 Å². The molecule has 1 amide bonds. The second kappa shape index (κ2) is 8.32. The number of nitriles is 1. The lowest BCUT2D eigenvalue weighted by Gasteiger charge is -2.58. The number of ether oxygens (including phenoxy) is 1. The van der Waals surface area contributed by atoms with Crippen LogP contribution in [-0.2, 0) is 11.3 Å². The van der Waals surface area contributed by atoms with Crippen LogP contribution in [0, 0.1) is 17.2 Å². The first-order valence-corrected chi connectivity index (χ1v) is 10.1. The molecule has 0 N–H and O–H groups in total. The lowest BCUT2D eigenvalue weighted by atomic mass is 9.75. The van der Waals surface area contributed by atoms with Crippen molar-refractivity contribution in [2.24, 2.45) is 5.92 Å². The number of likely N-dealkylation sites (N-methyl/N-ethyl adjacent to an activating group) is 1. The highest BCUT2D eigenvalue weighted by molar-refractivity contribution is 5.95. The monoisotopic (exact) mass is 390 g/mol. The Morgan fingerprint density at radius 3 is 2.93 bits per heavy atom. The van der Waals surface area contributed by atoms with Crippen LogP contribution >= 0.6 is 0 Å². The SMILES string of the molecule is CN1CC[C@H](COCc2ccccn2)CC12CN(C(=O)c1cccc(C#N)c1)C2. The Balaban J connectivity index is 1.32. The van der Waals surface area contributed by atoms with E-state index in [1.54, 1.807) is 30.5 Å². The van der Waals surface area contributed by atoms with Crippen LogP contribution < -0.4 is 0 Å². The molecule has 150 valence electrons. The predicted molar refractivity (Wildman–Crippen MR) is 109 cm³/mol. The Morgan fingerprint density at radius 2 is 2.17 bits per heavy atom. The van der Waals surface area contributed by atoms with E-state index in [4.69, 9.17) is 10.00 Å². The molecule has 1 aromatic heterocycles. The standard InChI is InChI=1S/C23H26N4O2/c1-26-10-8-19(14-29-15-21-7-2-3-9-25-21)12-23(26)16-27(17-23)22(28)20-6-4-5-18(11-20)13-24/h2-7,9,11,19H,8,10,12,14-17H2,1H3/t19-/m0/s1. The summed E-state index contributed by atoms with van der Waals surface area (Å²) in [5.74, 6) is 0.503. The quantitative estimate of drug-likeness (QED) is 0.785. The summed E-state index contributed by atoms with van der Waals surface area (Å²) in [7, 11) is 2.16. The second-order valence-electron chi connectivity index (χ2n) is 8.19. The molecule has 6 nitrogen and oxygen atoms in total. The summed E-state index contributed by atoms with van der Waals surface area (Å²) in [5, 5.41) is 9.06. The van der Waals surface area contributed by atoms with Gasteiger partial charge in [0.05, 0.1) is 36.1 Å². The lowest BCUT2D eigenvalue weighted by molar-refractivity contribution is -0.0769. The van der Waals surface area contributed by atoms with Crippen molar-refractivity contribution in [3.8, 4) is 6.07 Å². The largest absolute Gasteiger partial charge is 0.375 e. The van der Waals surface area contributed by atoms with Gasteiger partial charge in [0.2, 0.25) is 0 Å². The number of amides is 1. The van der Waals surface area contributed by atoms with E-state index in [0.29, 0.717) is 23.7 Å². The molecule has 2 aliphatic heterocycles. The topological polar surface area (TPSA) is 69.5 Å². The van der Waals surface area contributed by atoms with Crippen molar-refractivity contribution in [1.82, 2.24) is 14.8 Å². The molecule has 2 aliphatic rings. The van der Waals surface area contributed by atoms with Gasteiger partial charge in [0.15, 0.2) is 0 Å². The number of pyridine rings is 1. The van der Waals surface area contributed by atoms with Crippen LogP contribution in [0.25, 0.3) is 0 Å². The molecule has 1 aromatic carbocycles. The lowest BCUT2D eigenvalue weighted by Crippen LogP contribution is -2.72. The molecule has 1 spiro atoms. The van der Waals surface area contributed by atoms with Crippen molar-refractivity contribution in [2.45, 2.75) is 25.0 Å². The zero-order valence-corrected chi connectivity index (χ0v) is 16.8. The highest BCUT2D eigenvalue weighted by atomic mass is 16.5. The molecule has 1 atom stereocenters. The van der Waals surface area contributed by atoms with Gasteiger partial charge in [-0.2, -0.15) is 5.26 Å². The van der Waals surface area contributed by atoms with Crippen molar-refractivity contribution in [3.05, 3.63) is 65.5 Å². The summed E-state index contributed by atoms with van der Waals surface area (Å²) in [6.45, 7) is 3.75. The summed E-state index contributed by atoms with van der Waals surface area (Å²) >= 11 is 0. The third-order valence-corrected chi connectivity index (χ3v) is 6.18. The summed E-state index contributed by atoms with van der Waals surface area (Å²) in [5.41, 5.74) is 2.11. The molecular formula is C23H26N4O2. The van der Waals surface area contributed by atoms with E-state index < -0.39 is 0 Å². The van der Waals surface area contributed by atoms with E-state index in [9.17, 15) is 4.79 Å². The minimum atomic E-state index is 0.00894. The van der Waals surface area contributed by atoms with Gasteiger partial charge >= 0.3 is 0 Å². The number of rotatable bonds is 5. The Bertz CT molecular complexity index is 903. The highest BCUT2D eigenvalue weighted by Crippen LogP contribution is 2.39. The molecule has 3 heterocycles. The van der Waals surface area contributed by atoms with E-state index in [2.05, 4.69) is 23.0 Å². The first-order valence-electron chi connectivity index (χ1n) is 10.1. The molecule has 0 unspecified atom stereocenters. The number of hydrogen-bond acceptors (Lipinski definition) is 5. The fourth-order valence-corrected chi connectivity index (χ4v) is 4.45. The van der Waals surface area contributed by atoms with E-state index in [1.165, 1.54) is 0 Å². The van der Waals surface area contributed by atoms with Crippen LogP contribution in [0.2, 0.25) is 0 Å². The maximum Gasteiger partial charge on any atom is 0.254 e. The van der Waals surface area contributed by atoms with Crippen molar-refractivity contribution >= 4 is 5.91 Å². The van der Waals surface area contributed by atoms with Gasteiger partial charge in [-0.25, -0.2) is 0 Å². The van der Waals surface area contributed by atoms with Crippen LogP contribution in [0.5, 0.6) is 0 Å². The zero-order chi connectivity index (χ0) is 20.3. The molecule has 4 rings (SSSR count). The van der Waals surface area contributed by atoms with Gasteiger partial charge in [0.25, 0.3) is 5.91 Å². The van der Waals surface area contributed by atoms with Crippen LogP contribution in [0.4, 0.5) is 0 Å². The summed E-state index contributed by atoms with van der Waals surface area (Å²) in [4.78, 5) is 21.4. The molecule has 0 aliphatic carbocycles. The van der Waals surface area contributed by atoms with Crippen molar-refractivity contribution < 1.29 is 9.53 Å². The minimum Gasteiger partial charge on any atom is -0.375 e. The van der Waals surface area contributed by atoms with E-state index in [0.717, 1.165) is 44.8 Å². The Hall–Kier alpha value is -2.75. The van der Waals surface area contributed by atoms with Crippen molar-refractivity contribution in [1.29, 1.82) is 5.26 Å². The second-order valence-corrected chi connectivity index (χ2v) is 8.19. The van der Waals surface area contributed by atoms with Gasteiger partial charge < -0.3 is 9.64 Å². The molecule has 0 radical (unpaired) electrons. The number of hydrogen-bond donors (Lipinski definition) is 0. The molecule has 2 fully saturated rings. The minimum absolute atomic E-state index is 0.00894. The van der Waals surface area contributed by atoms with Gasteiger partial charge in [-0.05, 0) is 62.7 Å². The third-order valence-electron chi connectivity index (χ3n) is 6.18. The van der Waals surface area contributed by atoms with Crippen molar-refractivity contribution in [3.63, 3.8) is 0 Å². The van der Waals surface area contributed by atoms with Crippen LogP contribution in [-0.4, -0.2) is 59.5 Å². The van der Waals surface area contributed by atoms with Crippen molar-refractivity contribution in [2.75, 3.05) is 33.3 Å². The average molecular weight is 390 g/mol. The maximum absolute atomic E-state index is 12.8. The molecular weight excluding hydrogens is 364 g/mol. The fraction of sp³-hybridized carbons (Fsp3) is 0.435. The molecule has 6 heteroatoms. The highest BCUT2D eigenvalue weighted by Gasteiger charge is 2.50. The van der Waals surface area contributed by atoms with Gasteiger partial charge in [-0.15, -0.1) is 0 Å². The number of nitrogens with zero attached hydrogens (tertiary/aromatic N) is 4. The molecule has 0 bridgehead atoms. The summed E-state index contributed by atoms with van der Waals surface area (Å²) < 4.78 is 5.93. The van der Waals surface area contributed by atoms with E-state index >= 15 is 0 Å². The molecule has 29 heavy (non-hydrogen) atoms. The molecule has 2 aromatic rings. The number of carbonyl (C=O) groups is 1. The predicted octanol–water partition coefficient (Wildman–Crippen LogP) is 2.71. The smallest absolute Gasteiger partial charge is 0.254 e. The average Bonchev–Trinajstić information content (AvgIpc) is 2.73. The Labute approximate surface area is 171 Å². The van der Waals surface area contributed by atoms with Gasteiger partial charge in [-0.1, -0.05) is 12.1 Å². The molecule has 0 saturated carbocycles. The normalized spacial score (nSPS) is 20.8. The number of carbonyl (C=O) groups excluding carboxylic acids is 1. The number of aromatic nitrogens is 1. The first kappa shape index (κ1) is 19.6. The summed E-state index contributed by atoms with van der Waals surface area (Å²) in [6, 6.07) is 14.9. The number of likely N-dealkylation sites (tertiary alicyclic amines) is 2. The van der Waals surface area contributed by atoms with E-state index in [-0.39, 0.29) is 11.4 Å². The van der Waals surface area contributed by atoms with E-state index in [1.807, 2.05) is 23.1 Å².